The lowest BCUT2D eigenvalue weighted by molar-refractivity contribution is -0.144. The molecule has 0 unspecified atom stereocenters. The number of nitrogens with one attached hydrogen (secondary N) is 1. The van der Waals surface area contributed by atoms with Crippen molar-refractivity contribution in [1.29, 1.82) is 0 Å². The zero-order valence-corrected chi connectivity index (χ0v) is 20.4. The molecule has 2 aromatic heterocycles. The maximum atomic E-state index is 13.9. The summed E-state index contributed by atoms with van der Waals surface area (Å²) < 4.78 is 29.1. The fourth-order valence-corrected chi connectivity index (χ4v) is 5.34. The maximum absolute atomic E-state index is 13.9. The van der Waals surface area contributed by atoms with Crippen molar-refractivity contribution in [2.24, 2.45) is 0 Å². The van der Waals surface area contributed by atoms with Gasteiger partial charge in [0.25, 0.3) is 5.56 Å². The van der Waals surface area contributed by atoms with E-state index in [2.05, 4.69) is 38.1 Å². The molecule has 0 atom stereocenters. The van der Waals surface area contributed by atoms with Gasteiger partial charge < -0.3 is 15.3 Å². The summed E-state index contributed by atoms with van der Waals surface area (Å²) in [5, 5.41) is 13.6. The lowest BCUT2D eigenvalue weighted by atomic mass is 9.97. The fourth-order valence-electron chi connectivity index (χ4n) is 3.95. The average molecular weight is 549 g/mol. The summed E-state index contributed by atoms with van der Waals surface area (Å²) in [6, 6.07) is 4.36. The van der Waals surface area contributed by atoms with Crippen LogP contribution < -0.4 is 10.9 Å². The smallest absolute Gasteiger partial charge is 0.263 e. The van der Waals surface area contributed by atoms with Crippen molar-refractivity contribution in [3.8, 4) is 23.0 Å². The van der Waals surface area contributed by atoms with Gasteiger partial charge in [-0.05, 0) is 40.5 Å². The zero-order chi connectivity index (χ0) is 24.3. The summed E-state index contributed by atoms with van der Waals surface area (Å²) in [4.78, 5) is 32.6. The number of likely N-dealkylation sites (tertiary alicyclic amines) is 1. The Bertz CT molecular complexity index is 1440. The summed E-state index contributed by atoms with van der Waals surface area (Å²) in [6.45, 7) is 1.80. The average Bonchev–Trinajstić information content (AvgIpc) is 3.12. The molecule has 2 saturated heterocycles. The van der Waals surface area contributed by atoms with Gasteiger partial charge in [0.05, 0.1) is 34.2 Å². The third-order valence-corrected chi connectivity index (χ3v) is 7.45. The highest BCUT2D eigenvalue weighted by Gasteiger charge is 2.41. The van der Waals surface area contributed by atoms with Gasteiger partial charge in [0.15, 0.2) is 0 Å². The van der Waals surface area contributed by atoms with Crippen LogP contribution in [0.5, 0.6) is 0 Å². The molecular formula is C23H19BrF2N4O3S. The highest BCUT2D eigenvalue weighted by atomic mass is 79.9. The summed E-state index contributed by atoms with van der Waals surface area (Å²) in [5.41, 5.74) is -2.01. The van der Waals surface area contributed by atoms with Gasteiger partial charge in [0, 0.05) is 18.7 Å². The van der Waals surface area contributed by atoms with Gasteiger partial charge >= 0.3 is 0 Å². The molecule has 2 fully saturated rings. The van der Waals surface area contributed by atoms with Crippen molar-refractivity contribution in [1.82, 2.24) is 19.8 Å². The SMILES string of the molecule is CC1(F)CN(C(=O)Cn2cnc3sc(C#CC4(O)CNC4)c(-c4ccc(F)c(Br)c4)c3c2=O)C1. The molecular weight excluding hydrogens is 530 g/mol. The molecule has 3 aromatic rings. The number of carbonyl (C=O) groups is 1. The number of fused-ring (bicyclic) bond motifs is 1. The molecule has 0 spiro atoms. The topological polar surface area (TPSA) is 87.5 Å². The fraction of sp³-hybridized carbons (Fsp3) is 0.348. The van der Waals surface area contributed by atoms with Crippen LogP contribution in [0.1, 0.15) is 11.8 Å². The van der Waals surface area contributed by atoms with Crippen molar-refractivity contribution >= 4 is 43.4 Å². The number of β-amino-alcohol motifs (C(OH)–C–C–N with tert-alkyl or cyclic N) is 1. The number of amides is 1. The number of aliphatic hydroxyl groups is 1. The molecule has 2 aliphatic rings. The number of hydrogen-bond acceptors (Lipinski definition) is 6. The normalized spacial score (nSPS) is 18.1. The number of carbonyl (C=O) groups excluding carboxylic acids is 1. The van der Waals surface area contributed by atoms with Crippen molar-refractivity contribution in [2.75, 3.05) is 26.2 Å². The Morgan fingerprint density at radius 2 is 2.12 bits per heavy atom. The number of halogens is 3. The van der Waals surface area contributed by atoms with E-state index in [9.17, 15) is 23.5 Å². The minimum absolute atomic E-state index is 0.0128. The van der Waals surface area contributed by atoms with Crippen LogP contribution in [0.15, 0.2) is 33.8 Å². The molecule has 0 saturated carbocycles. The first kappa shape index (κ1) is 23.1. The van der Waals surface area contributed by atoms with Crippen LogP contribution in [0.3, 0.4) is 0 Å². The van der Waals surface area contributed by atoms with Crippen molar-refractivity contribution < 1.29 is 18.7 Å². The predicted octanol–water partition coefficient (Wildman–Crippen LogP) is 2.28. The third-order valence-electron chi connectivity index (χ3n) is 5.83. The Morgan fingerprint density at radius 1 is 1.38 bits per heavy atom. The highest BCUT2D eigenvalue weighted by Crippen LogP contribution is 2.37. The molecule has 0 radical (unpaired) electrons. The number of thiophene rings is 1. The van der Waals surface area contributed by atoms with E-state index in [1.54, 1.807) is 6.07 Å². The van der Waals surface area contributed by atoms with Gasteiger partial charge in [-0.15, -0.1) is 11.3 Å². The van der Waals surface area contributed by atoms with E-state index in [1.165, 1.54) is 46.2 Å². The summed E-state index contributed by atoms with van der Waals surface area (Å²) in [6.07, 6.45) is 1.29. The molecule has 0 aliphatic carbocycles. The predicted molar refractivity (Wildman–Crippen MR) is 128 cm³/mol. The van der Waals surface area contributed by atoms with E-state index < -0.39 is 22.6 Å². The van der Waals surface area contributed by atoms with Crippen LogP contribution in [0.2, 0.25) is 0 Å². The second-order valence-corrected chi connectivity index (χ2v) is 10.7. The van der Waals surface area contributed by atoms with Gasteiger partial charge in [0.1, 0.15) is 28.5 Å². The van der Waals surface area contributed by atoms with E-state index in [1.807, 2.05) is 0 Å². The Labute approximate surface area is 205 Å². The molecule has 11 heteroatoms. The van der Waals surface area contributed by atoms with Crippen LogP contribution in [0.25, 0.3) is 21.3 Å². The molecule has 5 rings (SSSR count). The van der Waals surface area contributed by atoms with E-state index in [-0.39, 0.29) is 35.4 Å². The lowest BCUT2D eigenvalue weighted by Crippen LogP contribution is -2.60. The number of alkyl halides is 1. The first-order chi connectivity index (χ1) is 16.1. The second-order valence-electron chi connectivity index (χ2n) is 8.84. The number of aromatic nitrogens is 2. The number of hydrogen-bond donors (Lipinski definition) is 2. The van der Waals surface area contributed by atoms with E-state index in [0.29, 0.717) is 33.9 Å². The molecule has 4 heterocycles. The largest absolute Gasteiger partial charge is 0.375 e. The summed E-state index contributed by atoms with van der Waals surface area (Å²) >= 11 is 4.36. The van der Waals surface area contributed by atoms with Crippen LogP contribution in [-0.4, -0.2) is 62.9 Å². The molecule has 2 aliphatic heterocycles. The Kier molecular flexibility index (Phi) is 5.60. The Hall–Kier alpha value is -2.65. The molecule has 1 amide bonds. The highest BCUT2D eigenvalue weighted by molar-refractivity contribution is 9.10. The molecule has 1 aromatic carbocycles. The zero-order valence-electron chi connectivity index (χ0n) is 18.0. The first-order valence-electron chi connectivity index (χ1n) is 10.5. The molecule has 0 bridgehead atoms. The van der Waals surface area contributed by atoms with Crippen LogP contribution >= 0.6 is 27.3 Å². The monoisotopic (exact) mass is 548 g/mol. The van der Waals surface area contributed by atoms with E-state index >= 15 is 0 Å². The maximum Gasteiger partial charge on any atom is 0.263 e. The van der Waals surface area contributed by atoms with E-state index in [0.717, 1.165) is 0 Å². The first-order valence-corrected chi connectivity index (χ1v) is 12.1. The van der Waals surface area contributed by atoms with Gasteiger partial charge in [-0.3, -0.25) is 14.2 Å². The van der Waals surface area contributed by atoms with Gasteiger partial charge in [-0.2, -0.15) is 0 Å². The van der Waals surface area contributed by atoms with Gasteiger partial charge in [-0.25, -0.2) is 13.8 Å². The second kappa shape index (κ2) is 8.23. The third kappa shape index (κ3) is 4.15. The van der Waals surface area contributed by atoms with Crippen LogP contribution in [0.4, 0.5) is 8.78 Å². The molecule has 176 valence electrons. The lowest BCUT2D eigenvalue weighted by Gasteiger charge is -2.42. The van der Waals surface area contributed by atoms with Crippen molar-refractivity contribution in [3.05, 3.63) is 50.0 Å². The van der Waals surface area contributed by atoms with Gasteiger partial charge in [0.2, 0.25) is 5.91 Å². The number of benzene rings is 1. The molecule has 7 nitrogen and oxygen atoms in total. The number of rotatable bonds is 3. The van der Waals surface area contributed by atoms with Crippen molar-refractivity contribution in [2.45, 2.75) is 24.7 Å². The molecule has 34 heavy (non-hydrogen) atoms. The molecule has 2 N–H and O–H groups in total. The van der Waals surface area contributed by atoms with Crippen LogP contribution in [-0.2, 0) is 11.3 Å². The summed E-state index contributed by atoms with van der Waals surface area (Å²) in [7, 11) is 0. The standard InChI is InChI=1S/C23H19BrF2N4O3S/c1-22(26)10-30(11-22)17(31)7-29-12-28-20-19(21(29)32)18(13-2-3-15(25)14(24)6-13)16(34-20)4-5-23(33)8-27-9-23/h2-3,6,12,27,33H,7-11H2,1H3. The Balaban J connectivity index is 1.61. The number of nitrogens with zero attached hydrogens (tertiary/aromatic N) is 3. The van der Waals surface area contributed by atoms with Crippen LogP contribution in [0, 0.1) is 17.7 Å². The minimum atomic E-state index is -1.41. The minimum Gasteiger partial charge on any atom is -0.375 e. The van der Waals surface area contributed by atoms with E-state index in [4.69, 9.17) is 0 Å². The quantitative estimate of drug-likeness (QED) is 0.490. The Morgan fingerprint density at radius 3 is 2.74 bits per heavy atom. The van der Waals surface area contributed by atoms with Crippen molar-refractivity contribution in [3.63, 3.8) is 0 Å². The van der Waals surface area contributed by atoms with Gasteiger partial charge in [-0.1, -0.05) is 17.9 Å². The summed E-state index contributed by atoms with van der Waals surface area (Å²) in [5.74, 6) is 4.99.